The van der Waals surface area contributed by atoms with Crippen molar-refractivity contribution >= 4 is 6.09 Å². The number of nitrogens with two attached hydrogens (primary N) is 1. The minimum Gasteiger partial charge on any atom is -0.445 e. The van der Waals surface area contributed by atoms with Crippen molar-refractivity contribution in [2.45, 2.75) is 31.5 Å². The molecule has 3 N–H and O–H groups in total. The van der Waals surface area contributed by atoms with Gasteiger partial charge in [-0.1, -0.05) is 30.3 Å². The van der Waals surface area contributed by atoms with Crippen molar-refractivity contribution < 1.29 is 9.53 Å². The predicted octanol–water partition coefficient (Wildman–Crippen LogP) is 1.40. The van der Waals surface area contributed by atoms with Crippen molar-refractivity contribution in [2.75, 3.05) is 0 Å². The molecule has 0 heterocycles. The highest BCUT2D eigenvalue weighted by Crippen LogP contribution is 2.17. The smallest absolute Gasteiger partial charge is 0.407 e. The molecule has 0 aliphatic heterocycles. The highest BCUT2D eigenvalue weighted by Gasteiger charge is 2.28. The molecule has 1 aliphatic carbocycles. The van der Waals surface area contributed by atoms with Crippen LogP contribution in [0.1, 0.15) is 18.4 Å². The second kappa shape index (κ2) is 4.99. The summed E-state index contributed by atoms with van der Waals surface area (Å²) in [5, 5.41) is 2.75. The molecule has 0 spiro atoms. The Labute approximate surface area is 94.8 Å². The average molecular weight is 220 g/mol. The van der Waals surface area contributed by atoms with Gasteiger partial charge < -0.3 is 15.8 Å². The molecule has 86 valence electrons. The van der Waals surface area contributed by atoms with Crippen LogP contribution in [0.5, 0.6) is 0 Å². The van der Waals surface area contributed by atoms with Crippen molar-refractivity contribution in [1.82, 2.24) is 5.32 Å². The van der Waals surface area contributed by atoms with Gasteiger partial charge in [-0.2, -0.15) is 0 Å². The SMILES string of the molecule is NC1CCC1NC(=O)OCc1ccccc1. The molecule has 0 bridgehead atoms. The number of amides is 1. The normalized spacial score (nSPS) is 23.3. The Bertz CT molecular complexity index is 353. The van der Waals surface area contributed by atoms with Crippen LogP contribution in [0.15, 0.2) is 30.3 Å². The number of nitrogens with one attached hydrogen (secondary N) is 1. The molecule has 0 radical (unpaired) electrons. The van der Waals surface area contributed by atoms with Crippen LogP contribution in [-0.2, 0) is 11.3 Å². The summed E-state index contributed by atoms with van der Waals surface area (Å²) in [6, 6.07) is 9.77. The molecule has 1 fully saturated rings. The molecule has 2 rings (SSSR count). The van der Waals surface area contributed by atoms with Crippen LogP contribution in [0.3, 0.4) is 0 Å². The second-order valence-corrected chi connectivity index (χ2v) is 4.05. The van der Waals surface area contributed by atoms with E-state index in [1.807, 2.05) is 30.3 Å². The Morgan fingerprint density at radius 1 is 1.38 bits per heavy atom. The van der Waals surface area contributed by atoms with E-state index in [9.17, 15) is 4.79 Å². The lowest BCUT2D eigenvalue weighted by Gasteiger charge is -2.33. The molecule has 0 saturated heterocycles. The van der Waals surface area contributed by atoms with Crippen LogP contribution < -0.4 is 11.1 Å². The first-order valence-electron chi connectivity index (χ1n) is 5.48. The maximum atomic E-state index is 11.4. The van der Waals surface area contributed by atoms with E-state index in [0.717, 1.165) is 18.4 Å². The van der Waals surface area contributed by atoms with Gasteiger partial charge in [0.05, 0.1) is 0 Å². The summed E-state index contributed by atoms with van der Waals surface area (Å²) in [6.45, 7) is 0.300. The zero-order valence-electron chi connectivity index (χ0n) is 9.06. The topological polar surface area (TPSA) is 64.3 Å². The van der Waals surface area contributed by atoms with Crippen LogP contribution >= 0.6 is 0 Å². The average Bonchev–Trinajstić information content (AvgIpc) is 2.33. The van der Waals surface area contributed by atoms with Gasteiger partial charge >= 0.3 is 6.09 Å². The van der Waals surface area contributed by atoms with Gasteiger partial charge in [0.1, 0.15) is 6.61 Å². The van der Waals surface area contributed by atoms with E-state index in [4.69, 9.17) is 10.5 Å². The maximum Gasteiger partial charge on any atom is 0.407 e. The predicted molar refractivity (Wildman–Crippen MR) is 60.8 cm³/mol. The van der Waals surface area contributed by atoms with E-state index in [-0.39, 0.29) is 18.2 Å². The Morgan fingerprint density at radius 3 is 2.69 bits per heavy atom. The van der Waals surface area contributed by atoms with E-state index in [0.29, 0.717) is 6.61 Å². The van der Waals surface area contributed by atoms with Crippen LogP contribution in [0.4, 0.5) is 4.79 Å². The fraction of sp³-hybridized carbons (Fsp3) is 0.417. The molecule has 1 saturated carbocycles. The highest BCUT2D eigenvalue weighted by atomic mass is 16.5. The van der Waals surface area contributed by atoms with Crippen LogP contribution in [0.25, 0.3) is 0 Å². The van der Waals surface area contributed by atoms with Crippen molar-refractivity contribution in [3.05, 3.63) is 35.9 Å². The molecular formula is C12H16N2O2. The largest absolute Gasteiger partial charge is 0.445 e. The van der Waals surface area contributed by atoms with Crippen LogP contribution in [-0.4, -0.2) is 18.2 Å². The lowest BCUT2D eigenvalue weighted by Crippen LogP contribution is -2.54. The van der Waals surface area contributed by atoms with E-state index in [2.05, 4.69) is 5.32 Å². The number of carbonyl (C=O) groups excluding carboxylic acids is 1. The van der Waals surface area contributed by atoms with Gasteiger partial charge in [0.2, 0.25) is 0 Å². The monoisotopic (exact) mass is 220 g/mol. The molecule has 1 aromatic rings. The van der Waals surface area contributed by atoms with Gasteiger partial charge in [0, 0.05) is 12.1 Å². The van der Waals surface area contributed by atoms with Crippen molar-refractivity contribution in [3.8, 4) is 0 Å². The summed E-state index contributed by atoms with van der Waals surface area (Å²) in [4.78, 5) is 11.4. The lowest BCUT2D eigenvalue weighted by molar-refractivity contribution is 0.127. The van der Waals surface area contributed by atoms with Gasteiger partial charge in [-0.25, -0.2) is 4.79 Å². The fourth-order valence-electron chi connectivity index (χ4n) is 1.62. The summed E-state index contributed by atoms with van der Waals surface area (Å²) in [6.07, 6.45) is 1.54. The number of hydrogen-bond donors (Lipinski definition) is 2. The highest BCUT2D eigenvalue weighted by molar-refractivity contribution is 5.67. The van der Waals surface area contributed by atoms with E-state index >= 15 is 0 Å². The molecule has 4 nitrogen and oxygen atoms in total. The van der Waals surface area contributed by atoms with E-state index < -0.39 is 0 Å². The summed E-state index contributed by atoms with van der Waals surface area (Å²) < 4.78 is 5.08. The molecule has 16 heavy (non-hydrogen) atoms. The third-order valence-corrected chi connectivity index (χ3v) is 2.84. The Kier molecular flexibility index (Phi) is 3.41. The van der Waals surface area contributed by atoms with Gasteiger partial charge in [-0.3, -0.25) is 0 Å². The lowest BCUT2D eigenvalue weighted by atomic mass is 9.87. The van der Waals surface area contributed by atoms with Crippen molar-refractivity contribution in [1.29, 1.82) is 0 Å². The molecular weight excluding hydrogens is 204 g/mol. The summed E-state index contributed by atoms with van der Waals surface area (Å²) in [7, 11) is 0. The van der Waals surface area contributed by atoms with Gasteiger partial charge in [-0.15, -0.1) is 0 Å². The third-order valence-electron chi connectivity index (χ3n) is 2.84. The van der Waals surface area contributed by atoms with Crippen molar-refractivity contribution in [3.63, 3.8) is 0 Å². The second-order valence-electron chi connectivity index (χ2n) is 4.05. The minimum atomic E-state index is -0.385. The van der Waals surface area contributed by atoms with E-state index in [1.54, 1.807) is 0 Å². The number of ether oxygens (including phenoxy) is 1. The number of benzene rings is 1. The first kappa shape index (κ1) is 11.0. The van der Waals surface area contributed by atoms with Crippen LogP contribution in [0.2, 0.25) is 0 Å². The molecule has 4 heteroatoms. The molecule has 1 aromatic carbocycles. The fourth-order valence-corrected chi connectivity index (χ4v) is 1.62. The van der Waals surface area contributed by atoms with Gasteiger partial charge in [0.25, 0.3) is 0 Å². The van der Waals surface area contributed by atoms with Gasteiger partial charge in [-0.05, 0) is 18.4 Å². The quantitative estimate of drug-likeness (QED) is 0.809. The summed E-state index contributed by atoms with van der Waals surface area (Å²) in [5.41, 5.74) is 6.69. The Hall–Kier alpha value is -1.55. The summed E-state index contributed by atoms with van der Waals surface area (Å²) >= 11 is 0. The van der Waals surface area contributed by atoms with Gasteiger partial charge in [0.15, 0.2) is 0 Å². The number of carbonyl (C=O) groups is 1. The molecule has 1 aliphatic rings. The maximum absolute atomic E-state index is 11.4. The van der Waals surface area contributed by atoms with Crippen molar-refractivity contribution in [2.24, 2.45) is 5.73 Å². The number of alkyl carbamates (subject to hydrolysis) is 1. The summed E-state index contributed by atoms with van der Waals surface area (Å²) in [5.74, 6) is 0. The molecule has 0 aromatic heterocycles. The zero-order chi connectivity index (χ0) is 11.4. The molecule has 1 amide bonds. The standard InChI is InChI=1S/C12H16N2O2/c13-10-6-7-11(10)14-12(15)16-8-9-4-2-1-3-5-9/h1-5,10-11H,6-8,13H2,(H,14,15). The van der Waals surface area contributed by atoms with Crippen LogP contribution in [0, 0.1) is 0 Å². The molecule has 2 atom stereocenters. The first-order chi connectivity index (χ1) is 7.75. The number of rotatable bonds is 3. The Balaban J connectivity index is 1.72. The number of hydrogen-bond acceptors (Lipinski definition) is 3. The minimum absolute atomic E-state index is 0.0864. The third kappa shape index (κ3) is 2.73. The molecule has 2 unspecified atom stereocenters. The Morgan fingerprint density at radius 2 is 2.12 bits per heavy atom. The van der Waals surface area contributed by atoms with E-state index in [1.165, 1.54) is 0 Å². The zero-order valence-corrected chi connectivity index (χ0v) is 9.06. The first-order valence-corrected chi connectivity index (χ1v) is 5.48.